The summed E-state index contributed by atoms with van der Waals surface area (Å²) in [6.07, 6.45) is 2.31. The van der Waals surface area contributed by atoms with Gasteiger partial charge in [-0.25, -0.2) is 0 Å². The summed E-state index contributed by atoms with van der Waals surface area (Å²) < 4.78 is 0. The normalized spacial score (nSPS) is 16.5. The number of amides is 1. The highest BCUT2D eigenvalue weighted by Gasteiger charge is 2.14. The average Bonchev–Trinajstić information content (AvgIpc) is 2.40. The van der Waals surface area contributed by atoms with E-state index in [2.05, 4.69) is 20.8 Å². The molecule has 1 aliphatic rings. The van der Waals surface area contributed by atoms with E-state index in [1.54, 1.807) is 19.2 Å². The monoisotopic (exact) mass is 252 g/mol. The van der Waals surface area contributed by atoms with E-state index in [1.165, 1.54) is 11.5 Å². The van der Waals surface area contributed by atoms with E-state index in [0.29, 0.717) is 11.7 Å². The Hall–Kier alpha value is -1.30. The highest BCUT2D eigenvalue weighted by atomic mass is 32.2. The van der Waals surface area contributed by atoms with Crippen LogP contribution in [0.1, 0.15) is 23.3 Å². The van der Waals surface area contributed by atoms with Crippen molar-refractivity contribution >= 4 is 23.5 Å². The third-order valence-corrected chi connectivity index (χ3v) is 3.75. The molecule has 0 atom stereocenters. The number of hydrogen-bond donors (Lipinski definition) is 2. The molecule has 1 amide bonds. The van der Waals surface area contributed by atoms with E-state index < -0.39 is 0 Å². The maximum Gasteiger partial charge on any atom is 0.271 e. The van der Waals surface area contributed by atoms with Crippen LogP contribution in [0.4, 0.5) is 5.82 Å². The second kappa shape index (κ2) is 5.86. The lowest BCUT2D eigenvalue weighted by Crippen LogP contribution is -2.25. The van der Waals surface area contributed by atoms with Crippen molar-refractivity contribution in [1.29, 1.82) is 0 Å². The standard InChI is InChI=1S/C11H16N4OS/c1-12-11(16)9-2-3-10(15-14-9)13-8-4-6-17-7-5-8/h2-3,8H,4-7H2,1H3,(H,12,16)(H,13,15). The number of carbonyl (C=O) groups is 1. The van der Waals surface area contributed by atoms with Gasteiger partial charge in [0.1, 0.15) is 5.82 Å². The highest BCUT2D eigenvalue weighted by Crippen LogP contribution is 2.19. The van der Waals surface area contributed by atoms with E-state index in [1.807, 2.05) is 11.8 Å². The molecule has 2 N–H and O–H groups in total. The summed E-state index contributed by atoms with van der Waals surface area (Å²) in [6, 6.07) is 3.97. The van der Waals surface area contributed by atoms with Crippen LogP contribution < -0.4 is 10.6 Å². The molecule has 0 unspecified atom stereocenters. The van der Waals surface area contributed by atoms with E-state index in [0.717, 1.165) is 18.7 Å². The van der Waals surface area contributed by atoms with Gasteiger partial charge in [-0.15, -0.1) is 10.2 Å². The fourth-order valence-corrected chi connectivity index (χ4v) is 2.82. The quantitative estimate of drug-likeness (QED) is 0.844. The Morgan fingerprint density at radius 2 is 2.12 bits per heavy atom. The van der Waals surface area contributed by atoms with E-state index in [4.69, 9.17) is 0 Å². The van der Waals surface area contributed by atoms with Gasteiger partial charge in [-0.1, -0.05) is 0 Å². The third-order valence-electron chi connectivity index (χ3n) is 2.70. The van der Waals surface area contributed by atoms with Crippen LogP contribution in [-0.4, -0.2) is 40.7 Å². The van der Waals surface area contributed by atoms with Crippen LogP contribution in [0, 0.1) is 0 Å². The lowest BCUT2D eigenvalue weighted by molar-refractivity contribution is 0.0957. The molecule has 1 aromatic heterocycles. The molecule has 1 fully saturated rings. The number of nitrogens with zero attached hydrogens (tertiary/aromatic N) is 2. The van der Waals surface area contributed by atoms with Crippen molar-refractivity contribution in [3.8, 4) is 0 Å². The molecule has 6 heteroatoms. The van der Waals surface area contributed by atoms with Crippen LogP contribution in [0.25, 0.3) is 0 Å². The van der Waals surface area contributed by atoms with Gasteiger partial charge >= 0.3 is 0 Å². The minimum Gasteiger partial charge on any atom is -0.366 e. The zero-order chi connectivity index (χ0) is 12.1. The lowest BCUT2D eigenvalue weighted by atomic mass is 10.1. The van der Waals surface area contributed by atoms with Crippen molar-refractivity contribution in [2.75, 3.05) is 23.9 Å². The Morgan fingerprint density at radius 1 is 1.35 bits per heavy atom. The molecule has 0 saturated carbocycles. The van der Waals surface area contributed by atoms with Crippen LogP contribution >= 0.6 is 11.8 Å². The molecule has 1 saturated heterocycles. The number of nitrogens with one attached hydrogen (secondary N) is 2. The van der Waals surface area contributed by atoms with Crippen molar-refractivity contribution in [2.45, 2.75) is 18.9 Å². The molecule has 1 aliphatic heterocycles. The van der Waals surface area contributed by atoms with Crippen LogP contribution in [0.5, 0.6) is 0 Å². The number of thioether (sulfide) groups is 1. The SMILES string of the molecule is CNC(=O)c1ccc(NC2CCSCC2)nn1. The predicted octanol–water partition coefficient (Wildman–Crippen LogP) is 1.14. The summed E-state index contributed by atoms with van der Waals surface area (Å²) in [5.41, 5.74) is 0.345. The van der Waals surface area contributed by atoms with Crippen LogP contribution in [-0.2, 0) is 0 Å². The number of hydrogen-bond acceptors (Lipinski definition) is 5. The average molecular weight is 252 g/mol. The fraction of sp³-hybridized carbons (Fsp3) is 0.545. The summed E-state index contributed by atoms with van der Waals surface area (Å²) in [4.78, 5) is 11.3. The molecule has 17 heavy (non-hydrogen) atoms. The first-order valence-corrected chi connectivity index (χ1v) is 6.85. The second-order valence-electron chi connectivity index (χ2n) is 3.91. The first-order valence-electron chi connectivity index (χ1n) is 5.69. The van der Waals surface area contributed by atoms with Crippen LogP contribution in [0.15, 0.2) is 12.1 Å². The van der Waals surface area contributed by atoms with Gasteiger partial charge in [0.05, 0.1) is 0 Å². The van der Waals surface area contributed by atoms with Gasteiger partial charge in [0.2, 0.25) is 0 Å². The Balaban J connectivity index is 1.95. The molecule has 2 heterocycles. The minimum absolute atomic E-state index is 0.210. The van der Waals surface area contributed by atoms with Crippen LogP contribution in [0.2, 0.25) is 0 Å². The molecule has 92 valence electrons. The Labute approximate surface area is 105 Å². The third kappa shape index (κ3) is 3.33. The zero-order valence-corrected chi connectivity index (χ0v) is 10.6. The van der Waals surface area contributed by atoms with Gasteiger partial charge in [0.25, 0.3) is 5.91 Å². The molecule has 2 rings (SSSR count). The molecule has 1 aromatic rings. The van der Waals surface area contributed by atoms with Crippen molar-refractivity contribution in [1.82, 2.24) is 15.5 Å². The molecule has 5 nitrogen and oxygen atoms in total. The molecular formula is C11H16N4OS. The van der Waals surface area contributed by atoms with Crippen molar-refractivity contribution in [3.63, 3.8) is 0 Å². The molecule has 0 radical (unpaired) electrons. The number of aromatic nitrogens is 2. The Kier molecular flexibility index (Phi) is 4.19. The molecule has 0 spiro atoms. The fourth-order valence-electron chi connectivity index (χ4n) is 1.71. The van der Waals surface area contributed by atoms with Crippen molar-refractivity contribution < 1.29 is 4.79 Å². The second-order valence-corrected chi connectivity index (χ2v) is 5.14. The summed E-state index contributed by atoms with van der Waals surface area (Å²) in [5, 5.41) is 13.8. The van der Waals surface area contributed by atoms with E-state index >= 15 is 0 Å². The summed E-state index contributed by atoms with van der Waals surface area (Å²) in [7, 11) is 1.58. The Bertz CT molecular complexity index is 376. The molecule has 0 aliphatic carbocycles. The maximum atomic E-state index is 11.3. The number of carbonyl (C=O) groups excluding carboxylic acids is 1. The first-order chi connectivity index (χ1) is 8.29. The topological polar surface area (TPSA) is 66.9 Å². The predicted molar refractivity (Wildman–Crippen MR) is 69.4 cm³/mol. The Morgan fingerprint density at radius 3 is 2.71 bits per heavy atom. The maximum absolute atomic E-state index is 11.3. The van der Waals surface area contributed by atoms with Crippen LogP contribution in [0.3, 0.4) is 0 Å². The van der Waals surface area contributed by atoms with Gasteiger partial charge in [-0.3, -0.25) is 4.79 Å². The number of anilines is 1. The summed E-state index contributed by atoms with van der Waals surface area (Å²) in [5.74, 6) is 2.93. The summed E-state index contributed by atoms with van der Waals surface area (Å²) in [6.45, 7) is 0. The zero-order valence-electron chi connectivity index (χ0n) is 9.77. The number of rotatable bonds is 3. The van der Waals surface area contributed by atoms with Gasteiger partial charge in [0, 0.05) is 13.1 Å². The van der Waals surface area contributed by atoms with E-state index in [-0.39, 0.29) is 5.91 Å². The van der Waals surface area contributed by atoms with Gasteiger partial charge < -0.3 is 10.6 Å². The lowest BCUT2D eigenvalue weighted by Gasteiger charge is -2.22. The largest absolute Gasteiger partial charge is 0.366 e. The molecule has 0 aromatic carbocycles. The minimum atomic E-state index is -0.210. The molecule has 0 bridgehead atoms. The van der Waals surface area contributed by atoms with Crippen molar-refractivity contribution in [3.05, 3.63) is 17.8 Å². The van der Waals surface area contributed by atoms with E-state index in [9.17, 15) is 4.79 Å². The highest BCUT2D eigenvalue weighted by molar-refractivity contribution is 7.99. The first kappa shape index (κ1) is 12.2. The van der Waals surface area contributed by atoms with Gasteiger partial charge in [-0.2, -0.15) is 11.8 Å². The van der Waals surface area contributed by atoms with Gasteiger partial charge in [-0.05, 0) is 36.5 Å². The summed E-state index contributed by atoms with van der Waals surface area (Å²) >= 11 is 1.99. The van der Waals surface area contributed by atoms with Gasteiger partial charge in [0.15, 0.2) is 5.69 Å². The van der Waals surface area contributed by atoms with Crippen molar-refractivity contribution in [2.24, 2.45) is 0 Å². The molecular weight excluding hydrogens is 236 g/mol. The smallest absolute Gasteiger partial charge is 0.271 e.